The molecular formula is C44H47ClF4N14O3. The fourth-order valence-corrected chi connectivity index (χ4v) is 8.79. The van der Waals surface area contributed by atoms with Gasteiger partial charge in [0.25, 0.3) is 6.01 Å². The van der Waals surface area contributed by atoms with Crippen molar-refractivity contribution in [2.45, 2.75) is 64.8 Å². The fourth-order valence-electron chi connectivity index (χ4n) is 8.51. The minimum atomic E-state index is -4.86. The van der Waals surface area contributed by atoms with E-state index in [1.807, 2.05) is 55.6 Å². The first kappa shape index (κ1) is 45.7. The molecule has 0 bridgehead atoms. The second kappa shape index (κ2) is 17.8. The predicted molar refractivity (Wildman–Crippen MR) is 244 cm³/mol. The summed E-state index contributed by atoms with van der Waals surface area (Å²) < 4.78 is 72.2. The fraction of sp³-hybridized carbons (Fsp3) is 0.364. The van der Waals surface area contributed by atoms with Crippen LogP contribution in [0.25, 0.3) is 55.6 Å². The molecule has 2 fully saturated rings. The van der Waals surface area contributed by atoms with Gasteiger partial charge < -0.3 is 41.1 Å². The van der Waals surface area contributed by atoms with Crippen LogP contribution in [0.5, 0.6) is 6.01 Å². The molecule has 7 heterocycles. The maximum absolute atomic E-state index is 16.5. The van der Waals surface area contributed by atoms with Gasteiger partial charge in [0.1, 0.15) is 47.1 Å². The highest BCUT2D eigenvalue weighted by atomic mass is 35.5. The normalized spacial score (nSPS) is 17.0. The van der Waals surface area contributed by atoms with Crippen molar-refractivity contribution in [2.24, 2.45) is 0 Å². The van der Waals surface area contributed by atoms with E-state index in [4.69, 9.17) is 38.0 Å². The van der Waals surface area contributed by atoms with Gasteiger partial charge in [0.2, 0.25) is 5.91 Å². The Morgan fingerprint density at radius 2 is 1.83 bits per heavy atom. The maximum atomic E-state index is 16.5. The number of hydrogen-bond acceptors (Lipinski definition) is 15. The number of likely N-dealkylation sites (N-methyl/N-ethyl adjacent to an activating group) is 1. The lowest BCUT2D eigenvalue weighted by atomic mass is 9.99. The van der Waals surface area contributed by atoms with Crippen LogP contribution in [0, 0.1) is 12.7 Å². The number of ether oxygens (including phenoxy) is 1. The highest BCUT2D eigenvalue weighted by Gasteiger charge is 2.39. The van der Waals surface area contributed by atoms with E-state index in [0.29, 0.717) is 42.2 Å². The summed E-state index contributed by atoms with van der Waals surface area (Å²) >= 11 is 6.54. The Bertz CT molecular complexity index is 3010. The molecule has 2 aromatic carbocycles. The first-order valence-electron chi connectivity index (χ1n) is 21.0. The zero-order valence-corrected chi connectivity index (χ0v) is 37.5. The van der Waals surface area contributed by atoms with Gasteiger partial charge >= 0.3 is 12.2 Å². The molecule has 2 aliphatic heterocycles. The first-order chi connectivity index (χ1) is 31.3. The van der Waals surface area contributed by atoms with Gasteiger partial charge in [-0.3, -0.25) is 4.79 Å². The van der Waals surface area contributed by atoms with Gasteiger partial charge in [-0.1, -0.05) is 18.2 Å². The van der Waals surface area contributed by atoms with Crippen LogP contribution in [-0.4, -0.2) is 107 Å². The summed E-state index contributed by atoms with van der Waals surface area (Å²) in [6, 6.07) is 7.99. The number of hydrogen-bond donors (Lipinski definition) is 3. The Hall–Kier alpha value is -6.87. The number of carbonyl (C=O) groups excluding carboxylic acids is 1. The minimum Gasteiger partial charge on any atom is -0.462 e. The summed E-state index contributed by atoms with van der Waals surface area (Å²) in [4.78, 5) is 43.3. The average Bonchev–Trinajstić information content (AvgIpc) is 3.97. The summed E-state index contributed by atoms with van der Waals surface area (Å²) in [5, 5.41) is 5.28. The molecule has 9 rings (SSSR count). The van der Waals surface area contributed by atoms with Crippen molar-refractivity contribution in [1.29, 1.82) is 0 Å². The number of halogens is 5. The summed E-state index contributed by atoms with van der Waals surface area (Å²) in [5.74, 6) is -0.849. The third-order valence-corrected chi connectivity index (χ3v) is 12.0. The molecule has 2 unspecified atom stereocenters. The molecule has 22 heteroatoms. The molecule has 7 aromatic rings. The molecule has 0 saturated carbocycles. The van der Waals surface area contributed by atoms with Crippen molar-refractivity contribution >= 4 is 74.0 Å². The molecule has 2 saturated heterocycles. The van der Waals surface area contributed by atoms with Gasteiger partial charge in [-0.25, -0.2) is 24.0 Å². The van der Waals surface area contributed by atoms with Gasteiger partial charge in [0.05, 0.1) is 27.2 Å². The van der Waals surface area contributed by atoms with E-state index in [1.54, 1.807) is 4.90 Å². The van der Waals surface area contributed by atoms with Gasteiger partial charge in [0, 0.05) is 48.7 Å². The van der Waals surface area contributed by atoms with Gasteiger partial charge in [-0.2, -0.15) is 33.2 Å². The molecule has 0 radical (unpaired) electrons. The number of pyridine rings is 1. The largest absolute Gasteiger partial charge is 0.462 e. The van der Waals surface area contributed by atoms with Crippen LogP contribution < -0.4 is 26.8 Å². The smallest absolute Gasteiger partial charge is 0.418 e. The summed E-state index contributed by atoms with van der Waals surface area (Å²) in [6.45, 7) is 12.9. The number of piperazine rings is 1. The number of carbonyl (C=O) groups is 1. The van der Waals surface area contributed by atoms with Crippen LogP contribution in [-0.2, 0) is 11.0 Å². The Morgan fingerprint density at radius 1 is 1.06 bits per heavy atom. The van der Waals surface area contributed by atoms with E-state index < -0.39 is 28.8 Å². The molecule has 6 N–H and O–H groups in total. The lowest BCUT2D eigenvalue weighted by molar-refractivity contribution is -0.137. The number of aromatic nitrogens is 8. The number of nitrogens with zero attached hydrogens (tertiary/aromatic N) is 11. The average molecular weight is 931 g/mol. The third-order valence-electron chi connectivity index (χ3n) is 11.7. The summed E-state index contributed by atoms with van der Waals surface area (Å²) in [5.41, 5.74) is 18.1. The molecule has 17 nitrogen and oxygen atoms in total. The van der Waals surface area contributed by atoms with E-state index in [2.05, 4.69) is 46.5 Å². The SMILES string of the molecule is C=CC(=O)N1CCN(c2nc(OCC3CCCN3C)nc3c(F)c(-c4nc(N)cc(C)c4C(F)(F)F)c(Cl)cc23)C(C)C1.CC(C)n1nc(-c2ccc3oc(N)nc3c2)c2c(N)ncnc21. The summed E-state index contributed by atoms with van der Waals surface area (Å²) in [7, 11) is 1.98. The number of aryl methyl sites for hydroxylation is 1. The number of oxazole rings is 1. The standard InChI is InChI=1S/C29H32ClF4N7O2.C15H15N7O/c1-5-21(42)40-9-10-41(16(3)13-40)27-18-12-19(30)22(26-23(29(32,33)34)15(2)11-20(35)36-26)24(31)25(18)37-28(38-27)43-14-17-7-6-8-39(17)4;1-7(2)22-14-11(13(16)18-6-19-14)12(21-22)8-3-4-10-9(5-8)20-15(17)23-10/h5,11-12,16-17H,1,6-10,13-14H2,2-4H3,(H2,35,36);3-7H,1-2H3,(H2,17,20)(H2,16,18,19). The zero-order valence-electron chi connectivity index (χ0n) is 36.7. The maximum Gasteiger partial charge on any atom is 0.418 e. The molecule has 5 aromatic heterocycles. The molecule has 0 aliphatic carbocycles. The topological polar surface area (TPSA) is 222 Å². The first-order valence-corrected chi connectivity index (χ1v) is 21.4. The number of nitrogen functional groups attached to an aromatic ring is 3. The Balaban J connectivity index is 0.000000215. The monoisotopic (exact) mass is 930 g/mol. The number of alkyl halides is 3. The minimum absolute atomic E-state index is 0.106. The number of likely N-dealkylation sites (tertiary alicyclic amines) is 1. The van der Waals surface area contributed by atoms with Crippen LogP contribution in [0.15, 0.2) is 53.7 Å². The van der Waals surface area contributed by atoms with Crippen LogP contribution in [0.3, 0.4) is 0 Å². The molecule has 2 atom stereocenters. The van der Waals surface area contributed by atoms with Crippen molar-refractivity contribution in [3.05, 3.63) is 71.3 Å². The zero-order chi connectivity index (χ0) is 47.4. The molecule has 346 valence electrons. The molecule has 2 aliphatic rings. The van der Waals surface area contributed by atoms with Crippen LogP contribution in [0.2, 0.25) is 5.02 Å². The molecule has 66 heavy (non-hydrogen) atoms. The van der Waals surface area contributed by atoms with Crippen LogP contribution >= 0.6 is 11.6 Å². The van der Waals surface area contributed by atoms with Crippen LogP contribution in [0.4, 0.5) is 41.0 Å². The van der Waals surface area contributed by atoms with Gasteiger partial charge in [-0.05, 0) is 96.1 Å². The van der Waals surface area contributed by atoms with E-state index in [-0.39, 0.29) is 75.8 Å². The number of nitrogens with two attached hydrogens (primary N) is 3. The van der Waals surface area contributed by atoms with E-state index in [9.17, 15) is 18.0 Å². The second-order valence-corrected chi connectivity index (χ2v) is 17.0. The Kier molecular flexibility index (Phi) is 12.3. The highest BCUT2D eigenvalue weighted by molar-refractivity contribution is 6.34. The van der Waals surface area contributed by atoms with Gasteiger partial charge in [-0.15, -0.1) is 0 Å². The number of anilines is 4. The van der Waals surface area contributed by atoms with Crippen molar-refractivity contribution < 1.29 is 31.5 Å². The number of amides is 1. The van der Waals surface area contributed by atoms with Crippen LogP contribution in [0.1, 0.15) is 50.8 Å². The highest BCUT2D eigenvalue weighted by Crippen LogP contribution is 2.45. The second-order valence-electron chi connectivity index (χ2n) is 16.6. The number of benzene rings is 2. The lowest BCUT2D eigenvalue weighted by Crippen LogP contribution is -2.53. The third kappa shape index (κ3) is 8.66. The number of rotatable bonds is 8. The number of fused-ring (bicyclic) bond motifs is 3. The van der Waals surface area contributed by atoms with Crippen molar-refractivity contribution in [3.8, 4) is 28.5 Å². The molecular weight excluding hydrogens is 884 g/mol. The summed E-state index contributed by atoms with van der Waals surface area (Å²) in [6.07, 6.45) is -0.260. The van der Waals surface area contributed by atoms with Gasteiger partial charge in [0.15, 0.2) is 17.0 Å². The van der Waals surface area contributed by atoms with E-state index in [0.717, 1.165) is 42.1 Å². The van der Waals surface area contributed by atoms with Crippen molar-refractivity contribution in [2.75, 3.05) is 61.9 Å². The lowest BCUT2D eigenvalue weighted by Gasteiger charge is -2.40. The van der Waals surface area contributed by atoms with E-state index >= 15 is 4.39 Å². The quantitative estimate of drug-likeness (QED) is 0.0993. The molecule has 0 spiro atoms. The van der Waals surface area contributed by atoms with E-state index in [1.165, 1.54) is 25.4 Å². The Labute approximate surface area is 380 Å². The molecule has 1 amide bonds. The Morgan fingerprint density at radius 3 is 2.52 bits per heavy atom. The van der Waals surface area contributed by atoms with Crippen molar-refractivity contribution in [3.63, 3.8) is 0 Å². The van der Waals surface area contributed by atoms with Crippen molar-refractivity contribution in [1.82, 2.24) is 49.5 Å². The predicted octanol–water partition coefficient (Wildman–Crippen LogP) is 7.47.